The Kier molecular flexibility index (Phi) is 5.50. The molecule has 2 aromatic rings. The number of nitrogens with two attached hydrogens (primary N) is 1. The third-order valence-corrected chi connectivity index (χ3v) is 4.36. The maximum atomic E-state index is 6.15. The molecule has 0 radical (unpaired) electrons. The Morgan fingerprint density at radius 1 is 1.14 bits per heavy atom. The number of anilines is 2. The summed E-state index contributed by atoms with van der Waals surface area (Å²) in [5, 5.41) is 1.69. The van der Waals surface area contributed by atoms with E-state index in [9.17, 15) is 0 Å². The minimum atomic E-state index is 0.188. The van der Waals surface area contributed by atoms with Gasteiger partial charge in [-0.25, -0.2) is 0 Å². The largest absolute Gasteiger partial charge is 0.368 e. The van der Waals surface area contributed by atoms with Crippen molar-refractivity contribution >= 4 is 46.9 Å². The van der Waals surface area contributed by atoms with Gasteiger partial charge < -0.3 is 10.6 Å². The molecule has 0 atom stereocenters. The minimum Gasteiger partial charge on any atom is -0.368 e. The normalized spacial score (nSPS) is 10.7. The summed E-state index contributed by atoms with van der Waals surface area (Å²) in [6, 6.07) is 5.24. The lowest BCUT2D eigenvalue weighted by atomic mass is 10.4. The van der Waals surface area contributed by atoms with Crippen molar-refractivity contribution < 1.29 is 0 Å². The van der Waals surface area contributed by atoms with E-state index >= 15 is 0 Å². The van der Waals surface area contributed by atoms with Gasteiger partial charge in [-0.05, 0) is 43.8 Å². The van der Waals surface area contributed by atoms with E-state index in [4.69, 9.17) is 28.9 Å². The number of aromatic nitrogens is 3. The highest BCUT2D eigenvalue weighted by Crippen LogP contribution is 2.34. The molecule has 0 amide bonds. The van der Waals surface area contributed by atoms with Crippen LogP contribution in [0, 0.1) is 0 Å². The van der Waals surface area contributed by atoms with Crippen molar-refractivity contribution in [2.45, 2.75) is 23.9 Å². The molecule has 1 heterocycles. The van der Waals surface area contributed by atoms with Crippen molar-refractivity contribution in [1.29, 1.82) is 0 Å². The van der Waals surface area contributed by atoms with E-state index in [-0.39, 0.29) is 5.95 Å². The lowest BCUT2D eigenvalue weighted by molar-refractivity contribution is 0.787. The molecule has 21 heavy (non-hydrogen) atoms. The zero-order chi connectivity index (χ0) is 15.4. The Bertz CT molecular complexity index is 634. The van der Waals surface area contributed by atoms with E-state index in [1.165, 1.54) is 11.8 Å². The van der Waals surface area contributed by atoms with Crippen LogP contribution < -0.4 is 10.6 Å². The van der Waals surface area contributed by atoms with E-state index in [0.717, 1.165) is 18.0 Å². The van der Waals surface area contributed by atoms with Gasteiger partial charge in [0, 0.05) is 23.0 Å². The molecule has 0 unspecified atom stereocenters. The van der Waals surface area contributed by atoms with Crippen LogP contribution in [0.3, 0.4) is 0 Å². The van der Waals surface area contributed by atoms with E-state index in [1.54, 1.807) is 18.2 Å². The maximum Gasteiger partial charge on any atom is 0.231 e. The summed E-state index contributed by atoms with van der Waals surface area (Å²) in [7, 11) is 0. The Labute approximate surface area is 137 Å². The fourth-order valence-corrected chi connectivity index (χ4v) is 2.99. The highest BCUT2D eigenvalue weighted by molar-refractivity contribution is 7.99. The first kappa shape index (κ1) is 16.1. The molecule has 0 fully saturated rings. The van der Waals surface area contributed by atoms with E-state index < -0.39 is 0 Å². The van der Waals surface area contributed by atoms with Gasteiger partial charge in [-0.3, -0.25) is 0 Å². The fraction of sp³-hybridized carbons (Fsp3) is 0.308. The van der Waals surface area contributed by atoms with Gasteiger partial charge >= 0.3 is 0 Å². The van der Waals surface area contributed by atoms with E-state index in [2.05, 4.69) is 15.0 Å². The lowest BCUT2D eigenvalue weighted by Gasteiger charge is -2.18. The van der Waals surface area contributed by atoms with Crippen molar-refractivity contribution in [1.82, 2.24) is 15.0 Å². The molecule has 2 N–H and O–H groups in total. The molecule has 0 aliphatic heterocycles. The molecule has 1 aromatic carbocycles. The Hall–Kier alpha value is -1.24. The van der Waals surface area contributed by atoms with Gasteiger partial charge in [-0.2, -0.15) is 15.0 Å². The third kappa shape index (κ3) is 4.12. The molecular formula is C13H15Cl2N5S. The summed E-state index contributed by atoms with van der Waals surface area (Å²) >= 11 is 13.4. The van der Waals surface area contributed by atoms with E-state index in [0.29, 0.717) is 21.2 Å². The predicted octanol–water partition coefficient (Wildman–Crippen LogP) is 3.76. The predicted molar refractivity (Wildman–Crippen MR) is 88.4 cm³/mol. The molecule has 2 rings (SSSR count). The lowest BCUT2D eigenvalue weighted by Crippen LogP contribution is -2.25. The van der Waals surface area contributed by atoms with Crippen LogP contribution in [0.15, 0.2) is 28.3 Å². The van der Waals surface area contributed by atoms with Crippen LogP contribution >= 0.6 is 35.0 Å². The summed E-state index contributed by atoms with van der Waals surface area (Å²) in [6.07, 6.45) is 0. The van der Waals surface area contributed by atoms with Crippen molar-refractivity contribution in [2.24, 2.45) is 0 Å². The standard InChI is InChI=1S/C13H15Cl2N5S/c1-3-20(4-2)12-17-11(16)18-13(19-12)21-10-7-8(14)5-6-9(10)15/h5-7H,3-4H2,1-2H3,(H2,16,17,18,19). The second-order valence-electron chi connectivity index (χ2n) is 4.13. The smallest absolute Gasteiger partial charge is 0.231 e. The van der Waals surface area contributed by atoms with Gasteiger partial charge in [0.1, 0.15) is 0 Å². The van der Waals surface area contributed by atoms with Gasteiger partial charge in [0.25, 0.3) is 0 Å². The second-order valence-corrected chi connectivity index (χ2v) is 5.98. The first-order chi connectivity index (χ1) is 10.0. The van der Waals surface area contributed by atoms with Crippen LogP contribution in [0.4, 0.5) is 11.9 Å². The molecular weight excluding hydrogens is 329 g/mol. The quantitative estimate of drug-likeness (QED) is 0.891. The summed E-state index contributed by atoms with van der Waals surface area (Å²) < 4.78 is 0. The maximum absolute atomic E-state index is 6.15. The molecule has 8 heteroatoms. The van der Waals surface area contributed by atoms with Gasteiger partial charge in [0.2, 0.25) is 11.9 Å². The number of nitrogen functional groups attached to an aromatic ring is 1. The number of halogens is 2. The SMILES string of the molecule is CCN(CC)c1nc(N)nc(Sc2cc(Cl)ccc2Cl)n1. The zero-order valence-electron chi connectivity index (χ0n) is 11.7. The molecule has 0 aliphatic carbocycles. The van der Waals surface area contributed by atoms with Gasteiger partial charge in [-0.1, -0.05) is 23.2 Å². The Morgan fingerprint density at radius 3 is 2.52 bits per heavy atom. The van der Waals surface area contributed by atoms with Crippen molar-refractivity contribution in [2.75, 3.05) is 23.7 Å². The molecule has 0 bridgehead atoms. The van der Waals surface area contributed by atoms with Gasteiger partial charge in [-0.15, -0.1) is 0 Å². The molecule has 1 aromatic heterocycles. The number of hydrogen-bond donors (Lipinski definition) is 1. The topological polar surface area (TPSA) is 67.9 Å². The third-order valence-electron chi connectivity index (χ3n) is 2.76. The van der Waals surface area contributed by atoms with Crippen LogP contribution in [-0.2, 0) is 0 Å². The molecule has 5 nitrogen and oxygen atoms in total. The second kappa shape index (κ2) is 7.15. The van der Waals surface area contributed by atoms with Crippen LogP contribution in [0.25, 0.3) is 0 Å². The zero-order valence-corrected chi connectivity index (χ0v) is 14.0. The van der Waals surface area contributed by atoms with Crippen LogP contribution in [0.5, 0.6) is 0 Å². The molecule has 112 valence electrons. The number of hydrogen-bond acceptors (Lipinski definition) is 6. The first-order valence-corrected chi connectivity index (χ1v) is 8.00. The van der Waals surface area contributed by atoms with Gasteiger partial charge in [0.05, 0.1) is 5.02 Å². The summed E-state index contributed by atoms with van der Waals surface area (Å²) in [5.74, 6) is 0.751. The summed E-state index contributed by atoms with van der Waals surface area (Å²) in [4.78, 5) is 15.5. The highest BCUT2D eigenvalue weighted by Gasteiger charge is 2.12. The highest BCUT2D eigenvalue weighted by atomic mass is 35.5. The average molecular weight is 344 g/mol. The number of benzene rings is 1. The molecule has 0 aliphatic rings. The van der Waals surface area contributed by atoms with Crippen molar-refractivity contribution in [3.8, 4) is 0 Å². The average Bonchev–Trinajstić information content (AvgIpc) is 2.44. The van der Waals surface area contributed by atoms with Crippen LogP contribution in [0.2, 0.25) is 10.0 Å². The monoisotopic (exact) mass is 343 g/mol. The summed E-state index contributed by atoms with van der Waals surface area (Å²) in [6.45, 7) is 5.65. The number of nitrogens with zero attached hydrogens (tertiary/aromatic N) is 4. The minimum absolute atomic E-state index is 0.188. The first-order valence-electron chi connectivity index (χ1n) is 6.42. The molecule has 0 saturated carbocycles. The number of rotatable bonds is 5. The van der Waals surface area contributed by atoms with Crippen molar-refractivity contribution in [3.05, 3.63) is 28.2 Å². The van der Waals surface area contributed by atoms with Crippen LogP contribution in [-0.4, -0.2) is 28.0 Å². The van der Waals surface area contributed by atoms with Crippen LogP contribution in [0.1, 0.15) is 13.8 Å². The Balaban J connectivity index is 2.34. The van der Waals surface area contributed by atoms with Crippen molar-refractivity contribution in [3.63, 3.8) is 0 Å². The fourth-order valence-electron chi connectivity index (χ4n) is 1.71. The summed E-state index contributed by atoms with van der Waals surface area (Å²) in [5.41, 5.74) is 5.77. The molecule has 0 saturated heterocycles. The molecule has 0 spiro atoms. The van der Waals surface area contributed by atoms with Gasteiger partial charge in [0.15, 0.2) is 5.16 Å². The Morgan fingerprint density at radius 2 is 1.86 bits per heavy atom. The van der Waals surface area contributed by atoms with E-state index in [1.807, 2.05) is 18.7 Å².